The zero-order valence-corrected chi connectivity index (χ0v) is 14.8. The summed E-state index contributed by atoms with van der Waals surface area (Å²) in [5.74, 6) is 0. The molecule has 1 aromatic rings. The molecule has 1 amide bonds. The quantitative estimate of drug-likeness (QED) is 0.893. The van der Waals surface area contributed by atoms with Crippen LogP contribution in [0.4, 0.5) is 4.79 Å². The van der Waals surface area contributed by atoms with E-state index in [1.165, 1.54) is 5.56 Å². The normalized spacial score (nSPS) is 19.7. The van der Waals surface area contributed by atoms with Gasteiger partial charge in [0.15, 0.2) is 0 Å². The van der Waals surface area contributed by atoms with Crippen molar-refractivity contribution < 1.29 is 9.53 Å². The average Bonchev–Trinajstić information content (AvgIpc) is 2.93. The van der Waals surface area contributed by atoms with Crippen LogP contribution in [0, 0.1) is 0 Å². The summed E-state index contributed by atoms with van der Waals surface area (Å²) in [5.41, 5.74) is 0.858. The lowest BCUT2D eigenvalue weighted by molar-refractivity contribution is 0.0214. The molecule has 1 N–H and O–H groups in total. The Morgan fingerprint density at radius 1 is 1.35 bits per heavy atom. The van der Waals surface area contributed by atoms with Crippen LogP contribution in [0.5, 0.6) is 0 Å². The fourth-order valence-corrected chi connectivity index (χ4v) is 3.02. The lowest BCUT2D eigenvalue weighted by Crippen LogP contribution is -2.42. The van der Waals surface area contributed by atoms with Gasteiger partial charge in [0.2, 0.25) is 0 Å². The third-order valence-electron chi connectivity index (χ3n) is 4.13. The number of likely N-dealkylation sites (tertiary alicyclic amines) is 1. The van der Waals surface area contributed by atoms with Crippen LogP contribution in [0.3, 0.4) is 0 Å². The van der Waals surface area contributed by atoms with Gasteiger partial charge in [-0.2, -0.15) is 0 Å². The molecule has 0 bridgehead atoms. The molecular formula is C19H30N2O2. The van der Waals surface area contributed by atoms with Crippen LogP contribution in [0.1, 0.15) is 52.5 Å². The van der Waals surface area contributed by atoms with Crippen molar-refractivity contribution in [3.63, 3.8) is 0 Å². The lowest BCUT2D eigenvalue weighted by atomic mass is 10.1. The van der Waals surface area contributed by atoms with Gasteiger partial charge in [-0.1, -0.05) is 30.3 Å². The molecule has 128 valence electrons. The minimum absolute atomic E-state index is 0.171. The van der Waals surface area contributed by atoms with E-state index >= 15 is 0 Å². The van der Waals surface area contributed by atoms with Crippen LogP contribution in [-0.2, 0) is 11.3 Å². The largest absolute Gasteiger partial charge is 0.444 e. The van der Waals surface area contributed by atoms with E-state index in [4.69, 9.17) is 4.74 Å². The van der Waals surface area contributed by atoms with Crippen LogP contribution < -0.4 is 5.32 Å². The number of amides is 1. The maximum Gasteiger partial charge on any atom is 0.410 e. The van der Waals surface area contributed by atoms with Gasteiger partial charge in [-0.3, -0.25) is 0 Å². The van der Waals surface area contributed by atoms with Crippen molar-refractivity contribution in [2.45, 2.75) is 71.2 Å². The first-order valence-electron chi connectivity index (χ1n) is 8.62. The molecule has 0 aromatic heterocycles. The number of hydrogen-bond acceptors (Lipinski definition) is 3. The topological polar surface area (TPSA) is 41.6 Å². The fraction of sp³-hybridized carbons (Fsp3) is 0.632. The van der Waals surface area contributed by atoms with E-state index in [1.54, 1.807) is 0 Å². The van der Waals surface area contributed by atoms with Crippen LogP contribution in [0.25, 0.3) is 0 Å². The molecule has 2 unspecified atom stereocenters. The third-order valence-corrected chi connectivity index (χ3v) is 4.13. The van der Waals surface area contributed by atoms with E-state index in [1.807, 2.05) is 31.7 Å². The summed E-state index contributed by atoms with van der Waals surface area (Å²) in [6, 6.07) is 11.0. The molecule has 1 heterocycles. The number of hydrogen-bond donors (Lipinski definition) is 1. The van der Waals surface area contributed by atoms with E-state index in [9.17, 15) is 4.79 Å². The number of rotatable bonds is 5. The molecule has 0 spiro atoms. The molecule has 1 aromatic carbocycles. The van der Waals surface area contributed by atoms with Gasteiger partial charge in [0, 0.05) is 25.2 Å². The zero-order chi connectivity index (χ0) is 16.9. The Labute approximate surface area is 140 Å². The van der Waals surface area contributed by atoms with Gasteiger partial charge in [-0.25, -0.2) is 4.79 Å². The van der Waals surface area contributed by atoms with E-state index in [2.05, 4.69) is 36.5 Å². The molecule has 2 rings (SSSR count). The van der Waals surface area contributed by atoms with Gasteiger partial charge >= 0.3 is 6.09 Å². The highest BCUT2D eigenvalue weighted by Gasteiger charge is 2.32. The second-order valence-electron chi connectivity index (χ2n) is 7.47. The number of benzene rings is 1. The number of nitrogens with one attached hydrogen (secondary N) is 1. The standard InChI is InChI=1S/C19H30N2O2/c1-15(20-14-16-9-6-5-7-10-16)13-17-11-8-12-21(17)18(22)23-19(2,3)4/h5-7,9-10,15,17,20H,8,11-14H2,1-4H3. The second kappa shape index (κ2) is 7.82. The smallest absolute Gasteiger partial charge is 0.410 e. The highest BCUT2D eigenvalue weighted by molar-refractivity contribution is 5.68. The summed E-state index contributed by atoms with van der Waals surface area (Å²) < 4.78 is 5.53. The predicted octanol–water partition coefficient (Wildman–Crippen LogP) is 3.95. The maximum absolute atomic E-state index is 12.3. The summed E-state index contributed by atoms with van der Waals surface area (Å²) in [4.78, 5) is 14.2. The number of carbonyl (C=O) groups is 1. The zero-order valence-electron chi connectivity index (χ0n) is 14.8. The number of nitrogens with zero attached hydrogens (tertiary/aromatic N) is 1. The molecule has 1 saturated heterocycles. The first-order chi connectivity index (χ1) is 10.8. The predicted molar refractivity (Wildman–Crippen MR) is 93.3 cm³/mol. The van der Waals surface area contributed by atoms with Gasteiger partial charge in [0.05, 0.1) is 0 Å². The average molecular weight is 318 g/mol. The molecule has 23 heavy (non-hydrogen) atoms. The fourth-order valence-electron chi connectivity index (χ4n) is 3.02. The molecule has 1 aliphatic rings. The van der Waals surface area contributed by atoms with Crippen molar-refractivity contribution in [1.29, 1.82) is 0 Å². The second-order valence-corrected chi connectivity index (χ2v) is 7.47. The van der Waals surface area contributed by atoms with Crippen molar-refractivity contribution in [2.75, 3.05) is 6.54 Å². The SMILES string of the molecule is CC(CC1CCCN1C(=O)OC(C)(C)C)NCc1ccccc1. The summed E-state index contributed by atoms with van der Waals surface area (Å²) in [6.45, 7) is 9.61. The molecule has 4 nitrogen and oxygen atoms in total. The maximum atomic E-state index is 12.3. The summed E-state index contributed by atoms with van der Waals surface area (Å²) in [6.07, 6.45) is 2.92. The molecule has 4 heteroatoms. The molecule has 1 fully saturated rings. The van der Waals surface area contributed by atoms with E-state index in [-0.39, 0.29) is 12.1 Å². The first-order valence-corrected chi connectivity index (χ1v) is 8.62. The minimum atomic E-state index is -0.429. The molecule has 0 saturated carbocycles. The van der Waals surface area contributed by atoms with Gasteiger partial charge in [-0.05, 0) is 52.5 Å². The van der Waals surface area contributed by atoms with E-state index in [0.717, 1.165) is 32.4 Å². The Balaban J connectivity index is 1.82. The summed E-state index contributed by atoms with van der Waals surface area (Å²) in [7, 11) is 0. The van der Waals surface area contributed by atoms with Gasteiger partial charge in [0.1, 0.15) is 5.60 Å². The van der Waals surface area contributed by atoms with Crippen LogP contribution in [0.15, 0.2) is 30.3 Å². The third kappa shape index (κ3) is 5.87. The lowest BCUT2D eigenvalue weighted by Gasteiger charge is -2.30. The monoisotopic (exact) mass is 318 g/mol. The first kappa shape index (κ1) is 17.8. The Morgan fingerprint density at radius 2 is 2.04 bits per heavy atom. The summed E-state index contributed by atoms with van der Waals surface area (Å²) >= 11 is 0. The molecule has 1 aliphatic heterocycles. The van der Waals surface area contributed by atoms with E-state index < -0.39 is 5.60 Å². The molecular weight excluding hydrogens is 288 g/mol. The number of carbonyl (C=O) groups excluding carboxylic acids is 1. The summed E-state index contributed by atoms with van der Waals surface area (Å²) in [5, 5.41) is 3.55. The van der Waals surface area contributed by atoms with Crippen molar-refractivity contribution in [3.05, 3.63) is 35.9 Å². The van der Waals surface area contributed by atoms with Crippen LogP contribution in [0.2, 0.25) is 0 Å². The minimum Gasteiger partial charge on any atom is -0.444 e. The Bertz CT molecular complexity index is 496. The Morgan fingerprint density at radius 3 is 2.70 bits per heavy atom. The molecule has 0 aliphatic carbocycles. The van der Waals surface area contributed by atoms with E-state index in [0.29, 0.717) is 6.04 Å². The van der Waals surface area contributed by atoms with Gasteiger partial charge in [-0.15, -0.1) is 0 Å². The molecule has 2 atom stereocenters. The van der Waals surface area contributed by atoms with Crippen LogP contribution >= 0.6 is 0 Å². The Kier molecular flexibility index (Phi) is 6.05. The van der Waals surface area contributed by atoms with Crippen molar-refractivity contribution >= 4 is 6.09 Å². The highest BCUT2D eigenvalue weighted by Crippen LogP contribution is 2.24. The van der Waals surface area contributed by atoms with Crippen molar-refractivity contribution in [1.82, 2.24) is 10.2 Å². The van der Waals surface area contributed by atoms with Gasteiger partial charge in [0.25, 0.3) is 0 Å². The van der Waals surface area contributed by atoms with Crippen molar-refractivity contribution in [2.24, 2.45) is 0 Å². The van der Waals surface area contributed by atoms with Gasteiger partial charge < -0.3 is 15.0 Å². The Hall–Kier alpha value is -1.55. The number of ether oxygens (including phenoxy) is 1. The highest BCUT2D eigenvalue weighted by atomic mass is 16.6. The van der Waals surface area contributed by atoms with Crippen molar-refractivity contribution in [3.8, 4) is 0 Å². The van der Waals surface area contributed by atoms with Crippen LogP contribution in [-0.4, -0.2) is 35.2 Å². The molecule has 0 radical (unpaired) electrons.